The van der Waals surface area contributed by atoms with Crippen LogP contribution in [0, 0.1) is 0 Å². The number of aliphatic hydroxyl groups is 1. The zero-order chi connectivity index (χ0) is 18.0. The van der Waals surface area contributed by atoms with Crippen LogP contribution in [0.4, 0.5) is 0 Å². The van der Waals surface area contributed by atoms with Crippen molar-refractivity contribution in [3.63, 3.8) is 0 Å². The van der Waals surface area contributed by atoms with Gasteiger partial charge in [-0.05, 0) is 24.5 Å². The SMILES string of the molecule is O=C(Cc1nc2ncccn2n1)N1CCCC(CO)(c2ccccc2)C1. The number of hydrogen-bond acceptors (Lipinski definition) is 5. The van der Waals surface area contributed by atoms with Crippen LogP contribution in [0.1, 0.15) is 24.2 Å². The number of aliphatic hydroxyl groups excluding tert-OH is 1. The van der Waals surface area contributed by atoms with Crippen molar-refractivity contribution in [3.8, 4) is 0 Å². The summed E-state index contributed by atoms with van der Waals surface area (Å²) in [4.78, 5) is 23.1. The van der Waals surface area contributed by atoms with Gasteiger partial charge in [0.05, 0.1) is 13.0 Å². The molecule has 134 valence electrons. The number of fused-ring (bicyclic) bond motifs is 1. The average Bonchev–Trinajstić information content (AvgIpc) is 3.11. The fourth-order valence-corrected chi connectivity index (χ4v) is 3.69. The molecule has 3 heterocycles. The third kappa shape index (κ3) is 3.06. The van der Waals surface area contributed by atoms with Crippen LogP contribution in [-0.4, -0.2) is 55.2 Å². The molecular weight excluding hydrogens is 330 g/mol. The van der Waals surface area contributed by atoms with Crippen molar-refractivity contribution in [3.05, 3.63) is 60.2 Å². The molecule has 7 nitrogen and oxygen atoms in total. The average molecular weight is 351 g/mol. The predicted octanol–water partition coefficient (Wildman–Crippen LogP) is 1.22. The Labute approximate surface area is 151 Å². The number of benzene rings is 1. The molecule has 1 saturated heterocycles. The Morgan fingerprint density at radius 2 is 2.08 bits per heavy atom. The van der Waals surface area contributed by atoms with Crippen molar-refractivity contribution in [2.24, 2.45) is 0 Å². The summed E-state index contributed by atoms with van der Waals surface area (Å²) in [6, 6.07) is 11.7. The molecule has 0 bridgehead atoms. The molecular formula is C19H21N5O2. The first kappa shape index (κ1) is 16.7. The van der Waals surface area contributed by atoms with Gasteiger partial charge in [0.15, 0.2) is 5.82 Å². The van der Waals surface area contributed by atoms with Crippen molar-refractivity contribution in [1.29, 1.82) is 0 Å². The van der Waals surface area contributed by atoms with E-state index in [1.165, 1.54) is 0 Å². The second-order valence-corrected chi connectivity index (χ2v) is 6.79. The smallest absolute Gasteiger partial charge is 0.252 e. The van der Waals surface area contributed by atoms with E-state index in [2.05, 4.69) is 15.1 Å². The molecule has 0 saturated carbocycles. The summed E-state index contributed by atoms with van der Waals surface area (Å²) in [5.41, 5.74) is 0.679. The zero-order valence-electron chi connectivity index (χ0n) is 14.5. The molecule has 1 atom stereocenters. The molecule has 1 aromatic carbocycles. The molecule has 7 heteroatoms. The minimum Gasteiger partial charge on any atom is -0.395 e. The molecule has 26 heavy (non-hydrogen) atoms. The van der Waals surface area contributed by atoms with E-state index in [1.54, 1.807) is 23.0 Å². The lowest BCUT2D eigenvalue weighted by atomic mass is 9.74. The Morgan fingerprint density at radius 1 is 1.23 bits per heavy atom. The number of carbonyl (C=O) groups is 1. The first-order valence-corrected chi connectivity index (χ1v) is 8.81. The number of aromatic nitrogens is 4. The molecule has 0 spiro atoms. The molecule has 1 aliphatic heterocycles. The third-order valence-electron chi connectivity index (χ3n) is 5.09. The maximum atomic E-state index is 12.8. The van der Waals surface area contributed by atoms with Gasteiger partial charge in [0.2, 0.25) is 5.91 Å². The Bertz CT molecular complexity index is 877. The largest absolute Gasteiger partial charge is 0.395 e. The van der Waals surface area contributed by atoms with Crippen LogP contribution in [0.3, 0.4) is 0 Å². The fraction of sp³-hybridized carbons (Fsp3) is 0.368. The number of rotatable bonds is 4. The van der Waals surface area contributed by atoms with E-state index in [-0.39, 0.29) is 18.9 Å². The van der Waals surface area contributed by atoms with Gasteiger partial charge < -0.3 is 10.0 Å². The van der Waals surface area contributed by atoms with Gasteiger partial charge in [0, 0.05) is 30.9 Å². The van der Waals surface area contributed by atoms with E-state index in [0.29, 0.717) is 24.7 Å². The summed E-state index contributed by atoms with van der Waals surface area (Å²) in [6.45, 7) is 1.23. The number of likely N-dealkylation sites (tertiary alicyclic amines) is 1. The lowest BCUT2D eigenvalue weighted by molar-refractivity contribution is -0.133. The Kier molecular flexibility index (Phi) is 4.38. The summed E-state index contributed by atoms with van der Waals surface area (Å²) in [7, 11) is 0. The third-order valence-corrected chi connectivity index (χ3v) is 5.09. The van der Waals surface area contributed by atoms with Crippen molar-refractivity contribution in [1.82, 2.24) is 24.5 Å². The van der Waals surface area contributed by atoms with E-state index in [1.807, 2.05) is 35.2 Å². The zero-order valence-corrected chi connectivity index (χ0v) is 14.5. The highest BCUT2D eigenvalue weighted by atomic mass is 16.3. The number of carbonyl (C=O) groups excluding carboxylic acids is 1. The second kappa shape index (κ2) is 6.84. The molecule has 3 aromatic rings. The highest BCUT2D eigenvalue weighted by molar-refractivity contribution is 5.78. The summed E-state index contributed by atoms with van der Waals surface area (Å²) in [6.07, 6.45) is 5.28. The van der Waals surface area contributed by atoms with Gasteiger partial charge in [-0.1, -0.05) is 30.3 Å². The molecule has 0 aliphatic carbocycles. The standard InChI is InChI=1S/C19H21N5O2/c25-14-19(15-6-2-1-3-7-15)8-4-10-23(13-19)17(26)12-16-21-18-20-9-5-11-24(18)22-16/h1-3,5-7,9,11,25H,4,8,10,12-14H2. The lowest BCUT2D eigenvalue weighted by Gasteiger charge is -2.42. The van der Waals surface area contributed by atoms with Gasteiger partial charge in [-0.3, -0.25) is 4.79 Å². The summed E-state index contributed by atoms with van der Waals surface area (Å²) < 4.78 is 1.57. The molecule has 4 rings (SSSR count). The molecule has 1 fully saturated rings. The van der Waals surface area contributed by atoms with Crippen molar-refractivity contribution >= 4 is 11.7 Å². The van der Waals surface area contributed by atoms with E-state index < -0.39 is 5.41 Å². The topological polar surface area (TPSA) is 83.6 Å². The number of piperidine rings is 1. The maximum Gasteiger partial charge on any atom is 0.252 e. The van der Waals surface area contributed by atoms with Crippen LogP contribution in [0.15, 0.2) is 48.8 Å². The van der Waals surface area contributed by atoms with Crippen LogP contribution in [0.5, 0.6) is 0 Å². The van der Waals surface area contributed by atoms with Crippen molar-refractivity contribution in [2.75, 3.05) is 19.7 Å². The lowest BCUT2D eigenvalue weighted by Crippen LogP contribution is -2.50. The molecule has 2 aromatic heterocycles. The number of nitrogens with zero attached hydrogens (tertiary/aromatic N) is 5. The Balaban J connectivity index is 1.52. The van der Waals surface area contributed by atoms with Gasteiger partial charge in [-0.15, -0.1) is 5.10 Å². The minimum absolute atomic E-state index is 0.0191. The van der Waals surface area contributed by atoms with Gasteiger partial charge in [0.1, 0.15) is 0 Å². The molecule has 1 unspecified atom stereocenters. The molecule has 1 aliphatic rings. The van der Waals surface area contributed by atoms with E-state index in [0.717, 1.165) is 18.4 Å². The highest BCUT2D eigenvalue weighted by Gasteiger charge is 2.38. The van der Waals surface area contributed by atoms with Crippen molar-refractivity contribution in [2.45, 2.75) is 24.7 Å². The first-order valence-electron chi connectivity index (χ1n) is 8.81. The van der Waals surface area contributed by atoms with Crippen LogP contribution >= 0.6 is 0 Å². The molecule has 1 N–H and O–H groups in total. The van der Waals surface area contributed by atoms with Gasteiger partial charge in [0.25, 0.3) is 5.78 Å². The number of hydrogen-bond donors (Lipinski definition) is 1. The number of amides is 1. The van der Waals surface area contributed by atoms with Crippen LogP contribution in [-0.2, 0) is 16.6 Å². The predicted molar refractivity (Wildman–Crippen MR) is 95.5 cm³/mol. The summed E-state index contributed by atoms with van der Waals surface area (Å²) in [5.74, 6) is 0.936. The molecule has 0 radical (unpaired) electrons. The van der Waals surface area contributed by atoms with E-state index in [9.17, 15) is 9.90 Å². The van der Waals surface area contributed by atoms with Gasteiger partial charge in [-0.2, -0.15) is 4.98 Å². The van der Waals surface area contributed by atoms with Gasteiger partial charge in [-0.25, -0.2) is 9.50 Å². The highest BCUT2D eigenvalue weighted by Crippen LogP contribution is 2.33. The van der Waals surface area contributed by atoms with E-state index >= 15 is 0 Å². The quantitative estimate of drug-likeness (QED) is 0.764. The van der Waals surface area contributed by atoms with Crippen molar-refractivity contribution < 1.29 is 9.90 Å². The molecule has 1 amide bonds. The van der Waals surface area contributed by atoms with Crippen LogP contribution in [0.2, 0.25) is 0 Å². The first-order chi connectivity index (χ1) is 12.7. The Hall–Kier alpha value is -2.80. The monoisotopic (exact) mass is 351 g/mol. The fourth-order valence-electron chi connectivity index (χ4n) is 3.69. The summed E-state index contributed by atoms with van der Waals surface area (Å²) in [5, 5.41) is 14.4. The minimum atomic E-state index is -0.400. The summed E-state index contributed by atoms with van der Waals surface area (Å²) >= 11 is 0. The normalized spacial score (nSPS) is 20.4. The van der Waals surface area contributed by atoms with Crippen LogP contribution in [0.25, 0.3) is 5.78 Å². The Morgan fingerprint density at radius 3 is 2.85 bits per heavy atom. The maximum absolute atomic E-state index is 12.8. The van der Waals surface area contributed by atoms with E-state index in [4.69, 9.17) is 0 Å². The van der Waals surface area contributed by atoms with Crippen LogP contribution < -0.4 is 0 Å². The van der Waals surface area contributed by atoms with Gasteiger partial charge >= 0.3 is 0 Å². The second-order valence-electron chi connectivity index (χ2n) is 6.79.